The van der Waals surface area contributed by atoms with E-state index in [9.17, 15) is 4.79 Å². The Morgan fingerprint density at radius 3 is 2.39 bits per heavy atom. The lowest BCUT2D eigenvalue weighted by Gasteiger charge is -2.10. The van der Waals surface area contributed by atoms with E-state index in [0.717, 1.165) is 33.9 Å². The lowest BCUT2D eigenvalue weighted by Crippen LogP contribution is -2.08. The van der Waals surface area contributed by atoms with Gasteiger partial charge in [-0.2, -0.15) is 0 Å². The average molecular weight is 451 g/mol. The first-order chi connectivity index (χ1) is 14.9. The Morgan fingerprint density at radius 2 is 1.74 bits per heavy atom. The lowest BCUT2D eigenvalue weighted by molar-refractivity contribution is 0.102. The van der Waals surface area contributed by atoms with Crippen LogP contribution in [0.15, 0.2) is 65.8 Å². The third-order valence-corrected chi connectivity index (χ3v) is 6.63. The highest BCUT2D eigenvalue weighted by Crippen LogP contribution is 2.27. The van der Waals surface area contributed by atoms with Gasteiger partial charge in [0.25, 0.3) is 0 Å². The molecular formula is C24H23ClN4OS. The summed E-state index contributed by atoms with van der Waals surface area (Å²) in [6, 6.07) is 19.7. The first kappa shape index (κ1) is 21.4. The van der Waals surface area contributed by atoms with E-state index in [4.69, 9.17) is 11.6 Å². The summed E-state index contributed by atoms with van der Waals surface area (Å²) in [6.45, 7) is 4.60. The van der Waals surface area contributed by atoms with E-state index in [1.54, 1.807) is 0 Å². The molecule has 0 saturated heterocycles. The van der Waals surface area contributed by atoms with E-state index in [2.05, 4.69) is 26.9 Å². The number of aryl methyl sites for hydroxylation is 1. The van der Waals surface area contributed by atoms with E-state index in [0.29, 0.717) is 22.5 Å². The lowest BCUT2D eigenvalue weighted by atomic mass is 10.2. The summed E-state index contributed by atoms with van der Waals surface area (Å²) in [5.74, 6) is 1.15. The van der Waals surface area contributed by atoms with Gasteiger partial charge >= 0.3 is 0 Å². The molecule has 0 aliphatic rings. The fraction of sp³-hybridized carbons (Fsp3) is 0.208. The van der Waals surface area contributed by atoms with Crippen molar-refractivity contribution >= 4 is 29.1 Å². The van der Waals surface area contributed by atoms with Crippen LogP contribution < -0.4 is 0 Å². The minimum atomic E-state index is 0.0912. The maximum absolute atomic E-state index is 12.9. The maximum atomic E-state index is 12.9. The number of rotatable bonds is 7. The van der Waals surface area contributed by atoms with E-state index in [1.807, 2.05) is 74.0 Å². The number of nitrogens with zero attached hydrogens (tertiary/aromatic N) is 4. The largest absolute Gasteiger partial charge is 0.351 e. The van der Waals surface area contributed by atoms with Crippen LogP contribution in [0, 0.1) is 13.8 Å². The SMILES string of the molecule is Cc1cc(C(=O)CSc2nnc(-c3ccc(Cl)cc3)n2Cc2ccccc2)c(C)n1C. The molecule has 0 aliphatic carbocycles. The molecule has 0 spiro atoms. The van der Waals surface area contributed by atoms with Gasteiger partial charge < -0.3 is 4.57 Å². The smallest absolute Gasteiger partial charge is 0.192 e. The number of halogens is 1. The van der Waals surface area contributed by atoms with Crippen molar-refractivity contribution in [2.75, 3.05) is 5.75 Å². The first-order valence-corrected chi connectivity index (χ1v) is 11.3. The van der Waals surface area contributed by atoms with Crippen molar-refractivity contribution in [2.45, 2.75) is 25.5 Å². The van der Waals surface area contributed by atoms with E-state index in [-0.39, 0.29) is 5.78 Å². The van der Waals surface area contributed by atoms with Crippen LogP contribution in [-0.2, 0) is 13.6 Å². The number of carbonyl (C=O) groups is 1. The van der Waals surface area contributed by atoms with Crippen LogP contribution in [0.2, 0.25) is 5.02 Å². The van der Waals surface area contributed by atoms with Gasteiger partial charge in [0.1, 0.15) is 0 Å². The highest BCUT2D eigenvalue weighted by Gasteiger charge is 2.19. The summed E-state index contributed by atoms with van der Waals surface area (Å²) in [7, 11) is 1.98. The molecule has 0 unspecified atom stereocenters. The molecule has 158 valence electrons. The Balaban J connectivity index is 1.62. The molecule has 7 heteroatoms. The minimum Gasteiger partial charge on any atom is -0.351 e. The molecule has 0 saturated carbocycles. The number of benzene rings is 2. The Labute approximate surface area is 191 Å². The summed E-state index contributed by atoms with van der Waals surface area (Å²) < 4.78 is 4.09. The number of hydrogen-bond acceptors (Lipinski definition) is 4. The normalized spacial score (nSPS) is 11.1. The van der Waals surface area contributed by atoms with Crippen molar-refractivity contribution in [1.29, 1.82) is 0 Å². The molecule has 2 aromatic heterocycles. The highest BCUT2D eigenvalue weighted by atomic mass is 35.5. The Kier molecular flexibility index (Phi) is 6.30. The Bertz CT molecular complexity index is 1210. The predicted octanol–water partition coefficient (Wildman–Crippen LogP) is 5.58. The molecule has 4 rings (SSSR count). The average Bonchev–Trinajstić information content (AvgIpc) is 3.29. The molecular weight excluding hydrogens is 428 g/mol. The van der Waals surface area contributed by atoms with E-state index >= 15 is 0 Å². The first-order valence-electron chi connectivity index (χ1n) is 9.96. The molecule has 4 aromatic rings. The second-order valence-corrected chi connectivity index (χ2v) is 8.82. The third-order valence-electron chi connectivity index (χ3n) is 5.41. The second kappa shape index (κ2) is 9.12. The topological polar surface area (TPSA) is 52.7 Å². The summed E-state index contributed by atoms with van der Waals surface area (Å²) in [5.41, 5.74) is 4.89. The molecule has 5 nitrogen and oxygen atoms in total. The Hall–Kier alpha value is -2.83. The monoisotopic (exact) mass is 450 g/mol. The van der Waals surface area contributed by atoms with Crippen molar-refractivity contribution in [3.8, 4) is 11.4 Å². The number of hydrogen-bond donors (Lipinski definition) is 0. The predicted molar refractivity (Wildman–Crippen MR) is 126 cm³/mol. The molecule has 0 fully saturated rings. The van der Waals surface area contributed by atoms with Crippen molar-refractivity contribution < 1.29 is 4.79 Å². The van der Waals surface area contributed by atoms with Crippen LogP contribution in [0.25, 0.3) is 11.4 Å². The van der Waals surface area contributed by atoms with Crippen LogP contribution in [0.5, 0.6) is 0 Å². The van der Waals surface area contributed by atoms with Gasteiger partial charge in [-0.1, -0.05) is 53.7 Å². The van der Waals surface area contributed by atoms with Gasteiger partial charge in [0.2, 0.25) is 0 Å². The summed E-state index contributed by atoms with van der Waals surface area (Å²) in [5, 5.41) is 10.2. The number of Topliss-reactive ketones (excluding diaryl/α,β-unsaturated/α-hetero) is 1. The molecule has 0 N–H and O–H groups in total. The van der Waals surface area contributed by atoms with Crippen LogP contribution in [-0.4, -0.2) is 30.9 Å². The van der Waals surface area contributed by atoms with Crippen molar-refractivity contribution in [1.82, 2.24) is 19.3 Å². The van der Waals surface area contributed by atoms with E-state index < -0.39 is 0 Å². The maximum Gasteiger partial charge on any atom is 0.192 e. The van der Waals surface area contributed by atoms with Gasteiger partial charge in [-0.15, -0.1) is 10.2 Å². The number of ketones is 1. The number of aromatic nitrogens is 4. The molecule has 31 heavy (non-hydrogen) atoms. The molecule has 2 heterocycles. The zero-order valence-corrected chi connectivity index (χ0v) is 19.2. The van der Waals surface area contributed by atoms with Gasteiger partial charge in [-0.3, -0.25) is 9.36 Å². The van der Waals surface area contributed by atoms with E-state index in [1.165, 1.54) is 11.8 Å². The zero-order chi connectivity index (χ0) is 22.0. The van der Waals surface area contributed by atoms with Crippen LogP contribution >= 0.6 is 23.4 Å². The molecule has 0 bridgehead atoms. The number of thioether (sulfide) groups is 1. The van der Waals surface area contributed by atoms with Crippen molar-refractivity contribution in [3.05, 3.63) is 88.2 Å². The molecule has 0 aliphatic heterocycles. The van der Waals surface area contributed by atoms with Crippen LogP contribution in [0.1, 0.15) is 27.3 Å². The molecule has 2 aromatic carbocycles. The van der Waals surface area contributed by atoms with Gasteiger partial charge in [0, 0.05) is 34.6 Å². The standard InChI is InChI=1S/C24H23ClN4OS/c1-16-13-21(17(2)28(16)3)22(30)15-31-24-27-26-23(19-9-11-20(25)12-10-19)29(24)14-18-7-5-4-6-8-18/h4-13H,14-15H2,1-3H3. The highest BCUT2D eigenvalue weighted by molar-refractivity contribution is 7.99. The molecule has 0 atom stereocenters. The quantitative estimate of drug-likeness (QED) is 0.272. The Morgan fingerprint density at radius 1 is 1.03 bits per heavy atom. The van der Waals surface area contributed by atoms with Gasteiger partial charge in [-0.25, -0.2) is 0 Å². The van der Waals surface area contributed by atoms with Crippen molar-refractivity contribution in [2.24, 2.45) is 7.05 Å². The minimum absolute atomic E-state index is 0.0912. The van der Waals surface area contributed by atoms with Crippen molar-refractivity contribution in [3.63, 3.8) is 0 Å². The van der Waals surface area contributed by atoms with Crippen LogP contribution in [0.4, 0.5) is 0 Å². The summed E-state index contributed by atoms with van der Waals surface area (Å²) in [4.78, 5) is 12.9. The fourth-order valence-electron chi connectivity index (χ4n) is 3.46. The summed E-state index contributed by atoms with van der Waals surface area (Å²) in [6.07, 6.45) is 0. The van der Waals surface area contributed by atoms with Crippen LogP contribution in [0.3, 0.4) is 0 Å². The molecule has 0 amide bonds. The van der Waals surface area contributed by atoms with Gasteiger partial charge in [0.15, 0.2) is 16.8 Å². The zero-order valence-electron chi connectivity index (χ0n) is 17.7. The summed E-state index contributed by atoms with van der Waals surface area (Å²) >= 11 is 7.47. The third kappa shape index (κ3) is 4.60. The fourth-order valence-corrected chi connectivity index (χ4v) is 4.41. The number of carbonyl (C=O) groups excluding carboxylic acids is 1. The van der Waals surface area contributed by atoms with Gasteiger partial charge in [-0.05, 0) is 49.7 Å². The molecule has 0 radical (unpaired) electrons. The van der Waals surface area contributed by atoms with Gasteiger partial charge in [0.05, 0.1) is 12.3 Å². The second-order valence-electron chi connectivity index (χ2n) is 7.44.